The minimum absolute atomic E-state index is 0.0779. The Kier molecular flexibility index (Phi) is 3.67. The number of aryl methyl sites for hydroxylation is 2. The van der Waals surface area contributed by atoms with Crippen molar-refractivity contribution in [2.45, 2.75) is 32.1 Å². The number of benzene rings is 1. The number of nitrogens with zero attached hydrogens (tertiary/aromatic N) is 1. The summed E-state index contributed by atoms with van der Waals surface area (Å²) >= 11 is 0. The van der Waals surface area contributed by atoms with Crippen molar-refractivity contribution < 1.29 is 13.2 Å². The molecule has 1 aromatic heterocycles. The smallest absolute Gasteiger partial charge is 0.231 e. The summed E-state index contributed by atoms with van der Waals surface area (Å²) in [5.41, 5.74) is 4.62. The molecule has 4 rings (SSSR count). The highest BCUT2D eigenvalue weighted by molar-refractivity contribution is 7.91. The molecule has 1 saturated heterocycles. The van der Waals surface area contributed by atoms with Gasteiger partial charge < -0.3 is 9.88 Å². The number of nitrogens with one attached hydrogen (secondary N) is 1. The molecule has 1 N–H and O–H groups in total. The van der Waals surface area contributed by atoms with Crippen LogP contribution in [0.25, 0.3) is 10.9 Å². The summed E-state index contributed by atoms with van der Waals surface area (Å²) in [4.78, 5) is 18.2. The third-order valence-corrected chi connectivity index (χ3v) is 6.93. The zero-order chi connectivity index (χ0) is 16.9. The first-order chi connectivity index (χ1) is 11.4. The van der Waals surface area contributed by atoms with Crippen LogP contribution in [-0.2, 0) is 21.1 Å². The summed E-state index contributed by atoms with van der Waals surface area (Å²) in [6, 6.07) is 6.35. The van der Waals surface area contributed by atoms with Gasteiger partial charge in [-0.15, -0.1) is 0 Å². The average Bonchev–Trinajstić information content (AvgIpc) is 2.92. The summed E-state index contributed by atoms with van der Waals surface area (Å²) < 4.78 is 23.2. The van der Waals surface area contributed by atoms with E-state index in [-0.39, 0.29) is 23.3 Å². The number of fused-ring (bicyclic) bond motifs is 3. The highest BCUT2D eigenvalue weighted by Crippen LogP contribution is 2.37. The van der Waals surface area contributed by atoms with E-state index in [1.54, 1.807) is 4.90 Å². The first-order valence-electron chi connectivity index (χ1n) is 8.55. The van der Waals surface area contributed by atoms with Gasteiger partial charge in [0.15, 0.2) is 9.84 Å². The van der Waals surface area contributed by atoms with Crippen LogP contribution in [-0.4, -0.2) is 48.8 Å². The van der Waals surface area contributed by atoms with Crippen LogP contribution in [0.15, 0.2) is 18.2 Å². The number of amides is 1. The lowest BCUT2D eigenvalue weighted by atomic mass is 9.85. The van der Waals surface area contributed by atoms with Crippen molar-refractivity contribution in [3.8, 4) is 0 Å². The highest BCUT2D eigenvalue weighted by atomic mass is 32.2. The van der Waals surface area contributed by atoms with Crippen LogP contribution in [0.1, 0.15) is 35.6 Å². The van der Waals surface area contributed by atoms with Crippen molar-refractivity contribution in [1.82, 2.24) is 9.88 Å². The fourth-order valence-electron chi connectivity index (χ4n) is 3.98. The van der Waals surface area contributed by atoms with E-state index in [0.29, 0.717) is 13.1 Å². The summed E-state index contributed by atoms with van der Waals surface area (Å²) in [5, 5.41) is 1.23. The summed E-state index contributed by atoms with van der Waals surface area (Å²) in [6.45, 7) is 2.73. The summed E-state index contributed by atoms with van der Waals surface area (Å²) in [6.07, 6.45) is 2.83. The van der Waals surface area contributed by atoms with Crippen molar-refractivity contribution in [1.29, 1.82) is 0 Å². The molecule has 0 unspecified atom stereocenters. The molecule has 2 heterocycles. The van der Waals surface area contributed by atoms with Crippen molar-refractivity contribution >= 4 is 26.6 Å². The van der Waals surface area contributed by atoms with E-state index >= 15 is 0 Å². The molecule has 128 valence electrons. The standard InChI is InChI=1S/C18H22N2O3S/c1-12-5-6-16-15(11-12)13-3-2-4-14(17(13)19-16)18(21)20-7-9-24(22,23)10-8-20/h5-6,11,14,19H,2-4,7-10H2,1H3/t14-/m0/s1. The molecule has 0 bridgehead atoms. The predicted molar refractivity (Wildman–Crippen MR) is 93.9 cm³/mol. The minimum atomic E-state index is -2.97. The molecule has 0 radical (unpaired) electrons. The maximum Gasteiger partial charge on any atom is 0.231 e. The number of carbonyl (C=O) groups is 1. The van der Waals surface area contributed by atoms with Crippen molar-refractivity contribution in [3.05, 3.63) is 35.0 Å². The number of rotatable bonds is 1. The Morgan fingerprint density at radius 3 is 2.75 bits per heavy atom. The van der Waals surface area contributed by atoms with Gasteiger partial charge in [0.2, 0.25) is 5.91 Å². The van der Waals surface area contributed by atoms with E-state index in [1.165, 1.54) is 16.5 Å². The molecule has 1 amide bonds. The van der Waals surface area contributed by atoms with Gasteiger partial charge in [-0.1, -0.05) is 11.6 Å². The first-order valence-corrected chi connectivity index (χ1v) is 10.4. The second-order valence-corrected chi connectivity index (χ2v) is 9.29. The quantitative estimate of drug-likeness (QED) is 0.860. The molecule has 1 aromatic carbocycles. The third kappa shape index (κ3) is 2.62. The Balaban J connectivity index is 1.67. The second-order valence-electron chi connectivity index (χ2n) is 6.99. The monoisotopic (exact) mass is 346 g/mol. The van der Waals surface area contributed by atoms with Crippen molar-refractivity contribution in [2.75, 3.05) is 24.6 Å². The van der Waals surface area contributed by atoms with Gasteiger partial charge >= 0.3 is 0 Å². The fourth-order valence-corrected chi connectivity index (χ4v) is 5.18. The number of hydrogen-bond donors (Lipinski definition) is 1. The van der Waals surface area contributed by atoms with Crippen molar-refractivity contribution in [2.24, 2.45) is 0 Å². The number of sulfone groups is 1. The molecule has 1 fully saturated rings. The average molecular weight is 346 g/mol. The van der Waals surface area contributed by atoms with Crippen LogP contribution in [0.2, 0.25) is 0 Å². The lowest BCUT2D eigenvalue weighted by Gasteiger charge is -2.32. The second kappa shape index (κ2) is 5.62. The maximum absolute atomic E-state index is 13.0. The van der Waals surface area contributed by atoms with Crippen LogP contribution in [0, 0.1) is 6.92 Å². The van der Waals surface area contributed by atoms with Gasteiger partial charge in [-0.2, -0.15) is 0 Å². The van der Waals surface area contributed by atoms with Gasteiger partial charge in [-0.3, -0.25) is 4.79 Å². The minimum Gasteiger partial charge on any atom is -0.357 e. The van der Waals surface area contributed by atoms with Crippen LogP contribution in [0.5, 0.6) is 0 Å². The van der Waals surface area contributed by atoms with Crippen LogP contribution in [0.4, 0.5) is 0 Å². The molecular formula is C18H22N2O3S. The molecule has 5 nitrogen and oxygen atoms in total. The highest BCUT2D eigenvalue weighted by Gasteiger charge is 2.34. The molecule has 1 aliphatic heterocycles. The molecule has 0 spiro atoms. The molecule has 2 aliphatic rings. The lowest BCUT2D eigenvalue weighted by molar-refractivity contribution is -0.132. The fraction of sp³-hybridized carbons (Fsp3) is 0.500. The Hall–Kier alpha value is -1.82. The van der Waals surface area contributed by atoms with E-state index in [9.17, 15) is 13.2 Å². The van der Waals surface area contributed by atoms with Crippen molar-refractivity contribution in [3.63, 3.8) is 0 Å². The molecule has 24 heavy (non-hydrogen) atoms. The number of carbonyl (C=O) groups excluding carboxylic acids is 1. The zero-order valence-electron chi connectivity index (χ0n) is 13.8. The van der Waals surface area contributed by atoms with Gasteiger partial charge in [-0.05, 0) is 43.9 Å². The normalized spacial score (nSPS) is 23.2. The Labute approximate surface area is 142 Å². The summed E-state index contributed by atoms with van der Waals surface area (Å²) in [5.74, 6) is 0.0883. The Morgan fingerprint density at radius 2 is 2.00 bits per heavy atom. The summed E-state index contributed by atoms with van der Waals surface area (Å²) in [7, 11) is -2.97. The molecule has 2 aromatic rings. The number of aromatic nitrogens is 1. The third-order valence-electron chi connectivity index (χ3n) is 5.32. The molecule has 0 saturated carbocycles. The topological polar surface area (TPSA) is 70.2 Å². The van der Waals surface area contributed by atoms with E-state index in [4.69, 9.17) is 0 Å². The Bertz CT molecular complexity index is 900. The number of aromatic amines is 1. The van der Waals surface area contributed by atoms with Gasteiger partial charge in [0, 0.05) is 29.7 Å². The maximum atomic E-state index is 13.0. The molecule has 1 aliphatic carbocycles. The zero-order valence-corrected chi connectivity index (χ0v) is 14.7. The molecule has 6 heteroatoms. The predicted octanol–water partition coefficient (Wildman–Crippen LogP) is 2.15. The van der Waals surface area contributed by atoms with Crippen LogP contribution >= 0.6 is 0 Å². The van der Waals surface area contributed by atoms with Gasteiger partial charge in [0.1, 0.15) is 0 Å². The van der Waals surface area contributed by atoms with E-state index in [2.05, 4.69) is 30.1 Å². The van der Waals surface area contributed by atoms with Gasteiger partial charge in [0.25, 0.3) is 0 Å². The number of H-pyrrole nitrogens is 1. The molecule has 1 atom stereocenters. The van der Waals surface area contributed by atoms with Gasteiger partial charge in [0.05, 0.1) is 17.4 Å². The number of hydrogen-bond acceptors (Lipinski definition) is 3. The van der Waals surface area contributed by atoms with Gasteiger partial charge in [-0.25, -0.2) is 8.42 Å². The van der Waals surface area contributed by atoms with E-state index in [0.717, 1.165) is 30.5 Å². The lowest BCUT2D eigenvalue weighted by Crippen LogP contribution is -2.46. The van der Waals surface area contributed by atoms with E-state index in [1.807, 2.05) is 0 Å². The molecular weight excluding hydrogens is 324 g/mol. The van der Waals surface area contributed by atoms with Crippen LogP contribution in [0.3, 0.4) is 0 Å². The first kappa shape index (κ1) is 15.7. The van der Waals surface area contributed by atoms with E-state index < -0.39 is 9.84 Å². The van der Waals surface area contributed by atoms with Crippen LogP contribution < -0.4 is 0 Å². The largest absolute Gasteiger partial charge is 0.357 e. The SMILES string of the molecule is Cc1ccc2[nH]c3c(c2c1)CCC[C@@H]3C(=O)N1CCS(=O)(=O)CC1. The Morgan fingerprint density at radius 1 is 1.25 bits per heavy atom.